The molecule has 0 bridgehead atoms. The number of benzene rings is 1. The predicted molar refractivity (Wildman–Crippen MR) is 97.9 cm³/mol. The number of imide groups is 1. The van der Waals surface area contributed by atoms with Gasteiger partial charge in [0, 0.05) is 18.4 Å². The summed E-state index contributed by atoms with van der Waals surface area (Å²) >= 11 is 0. The Morgan fingerprint density at radius 3 is 2.63 bits per heavy atom. The highest BCUT2D eigenvalue weighted by Gasteiger charge is 2.23. The molecule has 3 amide bonds. The van der Waals surface area contributed by atoms with Gasteiger partial charge in [0.15, 0.2) is 6.61 Å². The van der Waals surface area contributed by atoms with Crippen LogP contribution in [0.4, 0.5) is 4.79 Å². The molecule has 1 aromatic heterocycles. The quantitative estimate of drug-likeness (QED) is 0.798. The van der Waals surface area contributed by atoms with E-state index in [1.165, 1.54) is 6.20 Å². The molecule has 1 aromatic carbocycles. The number of amides is 3. The van der Waals surface area contributed by atoms with Crippen LogP contribution in [-0.4, -0.2) is 40.5 Å². The Morgan fingerprint density at radius 2 is 1.85 bits per heavy atom. The SMILES string of the molecule is C[C@@H]1CCCC[C@H]1NC(=O)NC(=O)COC(=O)c1ccc2nccnc2c1. The monoisotopic (exact) mass is 370 g/mol. The van der Waals surface area contributed by atoms with E-state index in [2.05, 4.69) is 27.5 Å². The minimum absolute atomic E-state index is 0.0628. The van der Waals surface area contributed by atoms with E-state index in [1.54, 1.807) is 24.4 Å². The number of aromatic nitrogens is 2. The summed E-state index contributed by atoms with van der Waals surface area (Å²) in [5.74, 6) is -0.961. The molecule has 2 aromatic rings. The molecule has 1 aliphatic rings. The third kappa shape index (κ3) is 4.99. The highest BCUT2D eigenvalue weighted by atomic mass is 16.5. The molecule has 142 valence electrons. The summed E-state index contributed by atoms with van der Waals surface area (Å²) < 4.78 is 4.97. The van der Waals surface area contributed by atoms with Crippen LogP contribution in [0.2, 0.25) is 0 Å². The highest BCUT2D eigenvalue weighted by molar-refractivity contribution is 5.98. The summed E-state index contributed by atoms with van der Waals surface area (Å²) in [7, 11) is 0. The van der Waals surface area contributed by atoms with Gasteiger partial charge in [-0.05, 0) is 37.0 Å². The maximum atomic E-state index is 12.1. The van der Waals surface area contributed by atoms with Gasteiger partial charge in [-0.3, -0.25) is 20.1 Å². The van der Waals surface area contributed by atoms with E-state index in [1.807, 2.05) is 0 Å². The Bertz CT molecular complexity index is 854. The van der Waals surface area contributed by atoms with E-state index in [9.17, 15) is 14.4 Å². The van der Waals surface area contributed by atoms with E-state index in [4.69, 9.17) is 4.74 Å². The van der Waals surface area contributed by atoms with Crippen LogP contribution in [0, 0.1) is 5.92 Å². The Morgan fingerprint density at radius 1 is 1.11 bits per heavy atom. The molecular formula is C19H22N4O4. The molecule has 0 saturated heterocycles. The lowest BCUT2D eigenvalue weighted by Crippen LogP contribution is -2.48. The van der Waals surface area contributed by atoms with Gasteiger partial charge in [-0.1, -0.05) is 19.8 Å². The zero-order chi connectivity index (χ0) is 19.2. The molecule has 0 aliphatic heterocycles. The lowest BCUT2D eigenvalue weighted by Gasteiger charge is -2.29. The fourth-order valence-corrected chi connectivity index (χ4v) is 3.20. The van der Waals surface area contributed by atoms with Crippen LogP contribution in [0.15, 0.2) is 30.6 Å². The summed E-state index contributed by atoms with van der Waals surface area (Å²) in [5.41, 5.74) is 1.47. The summed E-state index contributed by atoms with van der Waals surface area (Å²) in [6, 6.07) is 4.25. The Balaban J connectivity index is 1.47. The van der Waals surface area contributed by atoms with E-state index in [0.29, 0.717) is 17.0 Å². The molecule has 8 heteroatoms. The van der Waals surface area contributed by atoms with Crippen molar-refractivity contribution in [2.24, 2.45) is 5.92 Å². The number of nitrogens with zero attached hydrogens (tertiary/aromatic N) is 2. The first-order chi connectivity index (χ1) is 13.0. The minimum Gasteiger partial charge on any atom is -0.452 e. The van der Waals surface area contributed by atoms with Gasteiger partial charge in [-0.25, -0.2) is 9.59 Å². The van der Waals surface area contributed by atoms with E-state index in [0.717, 1.165) is 25.7 Å². The van der Waals surface area contributed by atoms with Crippen LogP contribution in [0.5, 0.6) is 0 Å². The Labute approximate surface area is 156 Å². The number of rotatable bonds is 4. The predicted octanol–water partition coefficient (Wildman–Crippen LogP) is 2.19. The van der Waals surface area contributed by atoms with Crippen molar-refractivity contribution in [1.82, 2.24) is 20.6 Å². The van der Waals surface area contributed by atoms with Crippen molar-refractivity contribution < 1.29 is 19.1 Å². The molecule has 2 N–H and O–H groups in total. The van der Waals surface area contributed by atoms with Crippen molar-refractivity contribution in [3.63, 3.8) is 0 Å². The van der Waals surface area contributed by atoms with Crippen LogP contribution >= 0.6 is 0 Å². The number of fused-ring (bicyclic) bond motifs is 1. The largest absolute Gasteiger partial charge is 0.452 e. The highest BCUT2D eigenvalue weighted by Crippen LogP contribution is 2.23. The molecule has 0 spiro atoms. The minimum atomic E-state index is -0.676. The zero-order valence-corrected chi connectivity index (χ0v) is 15.1. The smallest absolute Gasteiger partial charge is 0.338 e. The van der Waals surface area contributed by atoms with E-state index >= 15 is 0 Å². The van der Waals surface area contributed by atoms with Crippen LogP contribution < -0.4 is 10.6 Å². The Kier molecular flexibility index (Phi) is 5.95. The van der Waals surface area contributed by atoms with Crippen LogP contribution in [0.1, 0.15) is 43.0 Å². The molecule has 1 aliphatic carbocycles. The second-order valence-electron chi connectivity index (χ2n) is 6.73. The van der Waals surface area contributed by atoms with Gasteiger partial charge in [-0.2, -0.15) is 0 Å². The fraction of sp³-hybridized carbons (Fsp3) is 0.421. The van der Waals surface area contributed by atoms with Crippen molar-refractivity contribution in [3.05, 3.63) is 36.2 Å². The molecule has 1 fully saturated rings. The lowest BCUT2D eigenvalue weighted by molar-refractivity contribution is -0.123. The first-order valence-electron chi connectivity index (χ1n) is 9.01. The molecule has 0 radical (unpaired) electrons. The van der Waals surface area contributed by atoms with Gasteiger partial charge < -0.3 is 10.1 Å². The third-order valence-electron chi connectivity index (χ3n) is 4.72. The number of hydrogen-bond acceptors (Lipinski definition) is 6. The molecule has 27 heavy (non-hydrogen) atoms. The number of esters is 1. The molecule has 1 saturated carbocycles. The van der Waals surface area contributed by atoms with Crippen molar-refractivity contribution in [3.8, 4) is 0 Å². The van der Waals surface area contributed by atoms with Crippen molar-refractivity contribution >= 4 is 28.9 Å². The summed E-state index contributed by atoms with van der Waals surface area (Å²) in [6.45, 7) is 1.55. The summed E-state index contributed by atoms with van der Waals surface area (Å²) in [6.07, 6.45) is 7.28. The second kappa shape index (κ2) is 8.57. The van der Waals surface area contributed by atoms with Crippen LogP contribution in [0.3, 0.4) is 0 Å². The van der Waals surface area contributed by atoms with Crippen molar-refractivity contribution in [2.45, 2.75) is 38.6 Å². The molecule has 1 heterocycles. The van der Waals surface area contributed by atoms with Gasteiger partial charge in [0.05, 0.1) is 16.6 Å². The maximum absolute atomic E-state index is 12.1. The zero-order valence-electron chi connectivity index (χ0n) is 15.1. The van der Waals surface area contributed by atoms with Crippen molar-refractivity contribution in [2.75, 3.05) is 6.61 Å². The number of ether oxygens (including phenoxy) is 1. The number of carbonyl (C=O) groups is 3. The molecule has 0 unspecified atom stereocenters. The first-order valence-corrected chi connectivity index (χ1v) is 9.01. The topological polar surface area (TPSA) is 110 Å². The van der Waals surface area contributed by atoms with Gasteiger partial charge in [-0.15, -0.1) is 0 Å². The maximum Gasteiger partial charge on any atom is 0.338 e. The standard InChI is InChI=1S/C19H22N4O4/c1-12-4-2-3-5-14(12)22-19(26)23-17(24)11-27-18(25)13-6-7-15-16(10-13)21-9-8-20-15/h6-10,12,14H,2-5,11H2,1H3,(H2,22,23,24,26)/t12-,14-/m1/s1. The average molecular weight is 370 g/mol. The van der Waals surface area contributed by atoms with E-state index < -0.39 is 24.5 Å². The molecule has 2 atom stereocenters. The normalized spacial score (nSPS) is 19.3. The first kappa shape index (κ1) is 18.8. The number of hydrogen-bond donors (Lipinski definition) is 2. The molecular weight excluding hydrogens is 348 g/mol. The summed E-state index contributed by atoms with van der Waals surface area (Å²) in [4.78, 5) is 44.1. The second-order valence-corrected chi connectivity index (χ2v) is 6.73. The fourth-order valence-electron chi connectivity index (χ4n) is 3.20. The number of nitrogens with one attached hydrogen (secondary N) is 2. The third-order valence-corrected chi connectivity index (χ3v) is 4.72. The summed E-state index contributed by atoms with van der Waals surface area (Å²) in [5, 5.41) is 5.01. The van der Waals surface area contributed by atoms with Crippen LogP contribution in [-0.2, 0) is 9.53 Å². The van der Waals surface area contributed by atoms with Gasteiger partial charge in [0.25, 0.3) is 5.91 Å². The van der Waals surface area contributed by atoms with Gasteiger partial charge in [0.1, 0.15) is 0 Å². The molecule has 3 rings (SSSR count). The van der Waals surface area contributed by atoms with Gasteiger partial charge in [0.2, 0.25) is 0 Å². The average Bonchev–Trinajstić information content (AvgIpc) is 2.67. The lowest BCUT2D eigenvalue weighted by atomic mass is 9.86. The van der Waals surface area contributed by atoms with Crippen molar-refractivity contribution in [1.29, 1.82) is 0 Å². The number of carbonyl (C=O) groups excluding carboxylic acids is 3. The Hall–Kier alpha value is -3.03. The van der Waals surface area contributed by atoms with Gasteiger partial charge >= 0.3 is 12.0 Å². The number of urea groups is 1. The van der Waals surface area contributed by atoms with E-state index in [-0.39, 0.29) is 11.6 Å². The van der Waals surface area contributed by atoms with Crippen LogP contribution in [0.25, 0.3) is 11.0 Å². The molecule has 8 nitrogen and oxygen atoms in total.